The Bertz CT molecular complexity index is 544. The maximum absolute atomic E-state index is 4.30. The van der Waals surface area contributed by atoms with Crippen LogP contribution in [0.4, 0.5) is 5.82 Å². The minimum atomic E-state index is 0.471. The fourth-order valence-corrected chi connectivity index (χ4v) is 2.35. The monoisotopic (exact) mass is 254 g/mol. The van der Waals surface area contributed by atoms with E-state index in [1.807, 2.05) is 18.2 Å². The molecule has 2 N–H and O–H groups in total. The molecule has 1 saturated heterocycles. The van der Waals surface area contributed by atoms with Crippen LogP contribution in [0.25, 0.3) is 11.3 Å². The van der Waals surface area contributed by atoms with E-state index in [4.69, 9.17) is 0 Å². The molecule has 0 spiro atoms. The largest absolute Gasteiger partial charge is 0.365 e. The molecule has 0 saturated carbocycles. The molecule has 0 aliphatic carbocycles. The van der Waals surface area contributed by atoms with Crippen molar-refractivity contribution in [1.82, 2.24) is 15.5 Å². The van der Waals surface area contributed by atoms with Gasteiger partial charge in [0.15, 0.2) is 0 Å². The molecule has 1 aliphatic rings. The molecule has 3 rings (SSSR count). The van der Waals surface area contributed by atoms with Gasteiger partial charge in [-0.1, -0.05) is 23.8 Å². The standard InChI is InChI=1S/C15H18N4/c1-11-3-2-4-12(9-11)14-5-6-15(19-18-14)17-13-7-8-16-10-13/h2-6,9,13,16H,7-8,10H2,1H3,(H,17,19). The summed E-state index contributed by atoms with van der Waals surface area (Å²) in [6.07, 6.45) is 1.14. The molecule has 19 heavy (non-hydrogen) atoms. The highest BCUT2D eigenvalue weighted by Crippen LogP contribution is 2.18. The van der Waals surface area contributed by atoms with Gasteiger partial charge in [0.1, 0.15) is 5.82 Å². The van der Waals surface area contributed by atoms with Crippen LogP contribution >= 0.6 is 0 Å². The van der Waals surface area contributed by atoms with E-state index in [1.54, 1.807) is 0 Å². The van der Waals surface area contributed by atoms with Gasteiger partial charge in [0.2, 0.25) is 0 Å². The van der Waals surface area contributed by atoms with E-state index in [-0.39, 0.29) is 0 Å². The van der Waals surface area contributed by atoms with Crippen LogP contribution in [0, 0.1) is 6.92 Å². The highest BCUT2D eigenvalue weighted by molar-refractivity contribution is 5.60. The fraction of sp³-hybridized carbons (Fsp3) is 0.333. The van der Waals surface area contributed by atoms with Gasteiger partial charge in [-0.15, -0.1) is 10.2 Å². The van der Waals surface area contributed by atoms with Gasteiger partial charge in [-0.2, -0.15) is 0 Å². The molecule has 98 valence electrons. The van der Waals surface area contributed by atoms with Crippen LogP contribution in [0.3, 0.4) is 0 Å². The van der Waals surface area contributed by atoms with E-state index in [9.17, 15) is 0 Å². The number of rotatable bonds is 3. The number of hydrogen-bond donors (Lipinski definition) is 2. The minimum Gasteiger partial charge on any atom is -0.365 e. The van der Waals surface area contributed by atoms with E-state index in [0.717, 1.165) is 36.6 Å². The first kappa shape index (κ1) is 12.1. The highest BCUT2D eigenvalue weighted by Gasteiger charge is 2.14. The molecule has 1 fully saturated rings. The first-order valence-electron chi connectivity index (χ1n) is 6.69. The molecule has 1 unspecified atom stereocenters. The SMILES string of the molecule is Cc1cccc(-c2ccc(NC3CCNC3)nn2)c1. The van der Waals surface area contributed by atoms with Crippen molar-refractivity contribution in [3.05, 3.63) is 42.0 Å². The van der Waals surface area contributed by atoms with Crippen molar-refractivity contribution in [2.45, 2.75) is 19.4 Å². The van der Waals surface area contributed by atoms with E-state index in [0.29, 0.717) is 6.04 Å². The lowest BCUT2D eigenvalue weighted by Gasteiger charge is -2.11. The molecule has 2 aromatic rings. The topological polar surface area (TPSA) is 49.8 Å². The summed E-state index contributed by atoms with van der Waals surface area (Å²) in [4.78, 5) is 0. The van der Waals surface area contributed by atoms with Crippen LogP contribution in [0.15, 0.2) is 36.4 Å². The molecule has 1 aromatic heterocycles. The van der Waals surface area contributed by atoms with Crippen molar-refractivity contribution in [3.8, 4) is 11.3 Å². The van der Waals surface area contributed by atoms with Crippen molar-refractivity contribution < 1.29 is 0 Å². The molecular formula is C15H18N4. The minimum absolute atomic E-state index is 0.471. The van der Waals surface area contributed by atoms with Crippen molar-refractivity contribution in [2.24, 2.45) is 0 Å². The Morgan fingerprint density at radius 3 is 2.84 bits per heavy atom. The Hall–Kier alpha value is -1.94. The number of hydrogen-bond acceptors (Lipinski definition) is 4. The Labute approximate surface area is 113 Å². The third-order valence-electron chi connectivity index (χ3n) is 3.39. The Kier molecular flexibility index (Phi) is 3.42. The maximum atomic E-state index is 4.30. The van der Waals surface area contributed by atoms with Crippen molar-refractivity contribution in [1.29, 1.82) is 0 Å². The van der Waals surface area contributed by atoms with Gasteiger partial charge in [-0.25, -0.2) is 0 Å². The molecule has 1 atom stereocenters. The second kappa shape index (κ2) is 5.36. The molecule has 0 bridgehead atoms. The Morgan fingerprint density at radius 2 is 2.16 bits per heavy atom. The summed E-state index contributed by atoms with van der Waals surface area (Å²) in [6, 6.07) is 12.8. The summed E-state index contributed by atoms with van der Waals surface area (Å²) in [5.41, 5.74) is 3.26. The summed E-state index contributed by atoms with van der Waals surface area (Å²) >= 11 is 0. The quantitative estimate of drug-likeness (QED) is 0.882. The van der Waals surface area contributed by atoms with Gasteiger partial charge in [-0.05, 0) is 38.1 Å². The number of nitrogens with zero attached hydrogens (tertiary/aromatic N) is 2. The fourth-order valence-electron chi connectivity index (χ4n) is 2.35. The molecule has 1 aliphatic heterocycles. The zero-order valence-electron chi connectivity index (χ0n) is 11.1. The van der Waals surface area contributed by atoms with Crippen molar-refractivity contribution in [2.75, 3.05) is 18.4 Å². The molecular weight excluding hydrogens is 236 g/mol. The van der Waals surface area contributed by atoms with E-state index in [1.165, 1.54) is 5.56 Å². The Balaban J connectivity index is 1.74. The van der Waals surface area contributed by atoms with Gasteiger partial charge >= 0.3 is 0 Å². The van der Waals surface area contributed by atoms with E-state index >= 15 is 0 Å². The molecule has 0 amide bonds. The normalized spacial score (nSPS) is 18.5. The number of aryl methyl sites for hydroxylation is 1. The van der Waals surface area contributed by atoms with Gasteiger partial charge in [-0.3, -0.25) is 0 Å². The van der Waals surface area contributed by atoms with Gasteiger partial charge < -0.3 is 10.6 Å². The maximum Gasteiger partial charge on any atom is 0.148 e. The Morgan fingerprint density at radius 1 is 1.21 bits per heavy atom. The molecule has 4 heteroatoms. The predicted molar refractivity (Wildman–Crippen MR) is 77.1 cm³/mol. The molecule has 1 aromatic carbocycles. The van der Waals surface area contributed by atoms with Crippen LogP contribution in [0.2, 0.25) is 0 Å². The van der Waals surface area contributed by atoms with Gasteiger partial charge in [0.05, 0.1) is 5.69 Å². The average Bonchev–Trinajstić information content (AvgIpc) is 2.92. The zero-order chi connectivity index (χ0) is 13.1. The highest BCUT2D eigenvalue weighted by atomic mass is 15.2. The van der Waals surface area contributed by atoms with Crippen LogP contribution in [-0.2, 0) is 0 Å². The second-order valence-electron chi connectivity index (χ2n) is 5.01. The number of anilines is 1. The summed E-state index contributed by atoms with van der Waals surface area (Å²) in [7, 11) is 0. The summed E-state index contributed by atoms with van der Waals surface area (Å²) in [5, 5.41) is 15.3. The second-order valence-corrected chi connectivity index (χ2v) is 5.01. The summed E-state index contributed by atoms with van der Waals surface area (Å²) in [6.45, 7) is 4.16. The van der Waals surface area contributed by atoms with Crippen molar-refractivity contribution in [3.63, 3.8) is 0 Å². The van der Waals surface area contributed by atoms with Crippen LogP contribution in [0.1, 0.15) is 12.0 Å². The molecule has 4 nitrogen and oxygen atoms in total. The van der Waals surface area contributed by atoms with Gasteiger partial charge in [0, 0.05) is 18.2 Å². The van der Waals surface area contributed by atoms with Gasteiger partial charge in [0.25, 0.3) is 0 Å². The lowest BCUT2D eigenvalue weighted by molar-refractivity contribution is 0.783. The number of aromatic nitrogens is 2. The smallest absolute Gasteiger partial charge is 0.148 e. The molecule has 2 heterocycles. The third kappa shape index (κ3) is 2.90. The van der Waals surface area contributed by atoms with E-state index in [2.05, 4.69) is 46.0 Å². The number of benzene rings is 1. The first-order valence-corrected chi connectivity index (χ1v) is 6.69. The number of nitrogens with one attached hydrogen (secondary N) is 2. The van der Waals surface area contributed by atoms with E-state index < -0.39 is 0 Å². The third-order valence-corrected chi connectivity index (χ3v) is 3.39. The average molecular weight is 254 g/mol. The predicted octanol–water partition coefficient (Wildman–Crippen LogP) is 2.23. The van der Waals surface area contributed by atoms with Crippen molar-refractivity contribution >= 4 is 5.82 Å². The summed E-state index contributed by atoms with van der Waals surface area (Å²) < 4.78 is 0. The summed E-state index contributed by atoms with van der Waals surface area (Å²) in [5.74, 6) is 0.852. The van der Waals surface area contributed by atoms with Crippen LogP contribution in [0.5, 0.6) is 0 Å². The molecule has 0 radical (unpaired) electrons. The lowest BCUT2D eigenvalue weighted by Crippen LogP contribution is -2.22. The lowest BCUT2D eigenvalue weighted by atomic mass is 10.1. The first-order chi connectivity index (χ1) is 9.31. The zero-order valence-corrected chi connectivity index (χ0v) is 11.1. The van der Waals surface area contributed by atoms with Crippen LogP contribution < -0.4 is 10.6 Å². The van der Waals surface area contributed by atoms with Crippen LogP contribution in [-0.4, -0.2) is 29.3 Å².